The number of carbonyl (C=O) groups excluding carboxylic acids is 1. The van der Waals surface area contributed by atoms with Crippen molar-refractivity contribution in [1.82, 2.24) is 5.32 Å². The van der Waals surface area contributed by atoms with E-state index >= 15 is 0 Å². The molecule has 0 rings (SSSR count). The number of carbonyl (C=O) groups is 1. The van der Waals surface area contributed by atoms with Crippen LogP contribution in [0.25, 0.3) is 0 Å². The summed E-state index contributed by atoms with van der Waals surface area (Å²) in [5, 5.41) is 3.30. The molecule has 0 aromatic carbocycles. The van der Waals surface area contributed by atoms with Gasteiger partial charge >= 0.3 is 5.97 Å². The SMILES string of the molecule is CCCCC(CC)COC(=O)CCCNC(C)C. The Kier molecular flexibility index (Phi) is 11.2. The zero-order chi connectivity index (χ0) is 13.8. The van der Waals surface area contributed by atoms with Gasteiger partial charge in [0, 0.05) is 12.5 Å². The van der Waals surface area contributed by atoms with Crippen LogP contribution in [0.1, 0.15) is 66.2 Å². The van der Waals surface area contributed by atoms with Gasteiger partial charge in [0.05, 0.1) is 6.61 Å². The predicted molar refractivity (Wildman–Crippen MR) is 76.6 cm³/mol. The molecule has 0 aromatic heterocycles. The van der Waals surface area contributed by atoms with Crippen molar-refractivity contribution in [2.45, 2.75) is 72.3 Å². The van der Waals surface area contributed by atoms with Crippen LogP contribution in [0, 0.1) is 5.92 Å². The first-order valence-electron chi connectivity index (χ1n) is 7.49. The van der Waals surface area contributed by atoms with Crippen molar-refractivity contribution < 1.29 is 9.53 Å². The zero-order valence-electron chi connectivity index (χ0n) is 12.6. The maximum Gasteiger partial charge on any atom is 0.305 e. The van der Waals surface area contributed by atoms with Gasteiger partial charge in [0.2, 0.25) is 0 Å². The monoisotopic (exact) mass is 257 g/mol. The fourth-order valence-electron chi connectivity index (χ4n) is 1.80. The molecule has 1 unspecified atom stereocenters. The summed E-state index contributed by atoms with van der Waals surface area (Å²) in [5.41, 5.74) is 0. The highest BCUT2D eigenvalue weighted by Gasteiger charge is 2.09. The molecule has 0 aromatic rings. The first-order chi connectivity index (χ1) is 8.60. The van der Waals surface area contributed by atoms with E-state index in [1.165, 1.54) is 19.3 Å². The summed E-state index contributed by atoms with van der Waals surface area (Å²) >= 11 is 0. The van der Waals surface area contributed by atoms with Gasteiger partial charge in [-0.15, -0.1) is 0 Å². The molecule has 18 heavy (non-hydrogen) atoms. The Morgan fingerprint density at radius 1 is 1.22 bits per heavy atom. The molecule has 0 aliphatic rings. The molecule has 0 saturated carbocycles. The van der Waals surface area contributed by atoms with E-state index in [9.17, 15) is 4.79 Å². The van der Waals surface area contributed by atoms with Gasteiger partial charge < -0.3 is 10.1 Å². The first kappa shape index (κ1) is 17.4. The molecule has 0 saturated heterocycles. The lowest BCUT2D eigenvalue weighted by atomic mass is 10.0. The summed E-state index contributed by atoms with van der Waals surface area (Å²) in [6.45, 7) is 10.1. The molecule has 0 amide bonds. The van der Waals surface area contributed by atoms with E-state index in [2.05, 4.69) is 33.0 Å². The van der Waals surface area contributed by atoms with E-state index in [-0.39, 0.29) is 5.97 Å². The van der Waals surface area contributed by atoms with Gasteiger partial charge in [0.1, 0.15) is 0 Å². The van der Waals surface area contributed by atoms with Crippen molar-refractivity contribution in [2.75, 3.05) is 13.2 Å². The van der Waals surface area contributed by atoms with Crippen LogP contribution in [0.2, 0.25) is 0 Å². The number of rotatable bonds is 11. The van der Waals surface area contributed by atoms with Gasteiger partial charge in [-0.1, -0.05) is 47.0 Å². The second-order valence-electron chi connectivity index (χ2n) is 5.31. The molecule has 0 aliphatic carbocycles. The Bertz CT molecular complexity index is 205. The van der Waals surface area contributed by atoms with Crippen molar-refractivity contribution >= 4 is 5.97 Å². The third kappa shape index (κ3) is 10.6. The smallest absolute Gasteiger partial charge is 0.305 e. The van der Waals surface area contributed by atoms with Crippen molar-refractivity contribution in [3.05, 3.63) is 0 Å². The number of esters is 1. The van der Waals surface area contributed by atoms with Crippen molar-refractivity contribution in [3.8, 4) is 0 Å². The Morgan fingerprint density at radius 2 is 1.94 bits per heavy atom. The highest BCUT2D eigenvalue weighted by molar-refractivity contribution is 5.69. The van der Waals surface area contributed by atoms with Crippen LogP contribution in [-0.2, 0) is 9.53 Å². The molecule has 0 spiro atoms. The topological polar surface area (TPSA) is 38.3 Å². The minimum atomic E-state index is -0.0458. The zero-order valence-corrected chi connectivity index (χ0v) is 12.6. The molecule has 3 nitrogen and oxygen atoms in total. The highest BCUT2D eigenvalue weighted by atomic mass is 16.5. The van der Waals surface area contributed by atoms with Crippen LogP contribution in [0.3, 0.4) is 0 Å². The van der Waals surface area contributed by atoms with Crippen molar-refractivity contribution in [2.24, 2.45) is 5.92 Å². The molecule has 0 radical (unpaired) electrons. The van der Waals surface area contributed by atoms with Gasteiger partial charge in [-0.05, 0) is 25.3 Å². The number of ether oxygens (including phenoxy) is 1. The van der Waals surface area contributed by atoms with Crippen LogP contribution in [0.4, 0.5) is 0 Å². The Labute approximate surface area is 113 Å². The Balaban J connectivity index is 3.55. The molecular formula is C15H31NO2. The standard InChI is InChI=1S/C15H31NO2/c1-5-7-9-14(6-2)12-18-15(17)10-8-11-16-13(3)4/h13-14,16H,5-12H2,1-4H3. The molecule has 1 atom stereocenters. The molecule has 0 heterocycles. The Hall–Kier alpha value is -0.570. The van der Waals surface area contributed by atoms with E-state index in [0.29, 0.717) is 25.0 Å². The maximum atomic E-state index is 11.5. The fraction of sp³-hybridized carbons (Fsp3) is 0.933. The van der Waals surface area contributed by atoms with Crippen LogP contribution < -0.4 is 5.32 Å². The second kappa shape index (κ2) is 11.5. The van der Waals surface area contributed by atoms with E-state index in [1.807, 2.05) is 0 Å². The van der Waals surface area contributed by atoms with E-state index in [4.69, 9.17) is 4.74 Å². The van der Waals surface area contributed by atoms with E-state index in [1.54, 1.807) is 0 Å². The first-order valence-corrected chi connectivity index (χ1v) is 7.49. The molecule has 3 heteroatoms. The van der Waals surface area contributed by atoms with Gasteiger partial charge in [-0.3, -0.25) is 4.79 Å². The van der Waals surface area contributed by atoms with E-state index in [0.717, 1.165) is 19.4 Å². The molecular weight excluding hydrogens is 226 g/mol. The highest BCUT2D eigenvalue weighted by Crippen LogP contribution is 2.13. The summed E-state index contributed by atoms with van der Waals surface area (Å²) < 4.78 is 5.33. The van der Waals surface area contributed by atoms with Crippen LogP contribution in [0.15, 0.2) is 0 Å². The number of hydrogen-bond donors (Lipinski definition) is 1. The average Bonchev–Trinajstić information content (AvgIpc) is 2.34. The average molecular weight is 257 g/mol. The normalized spacial score (nSPS) is 12.7. The van der Waals surface area contributed by atoms with Gasteiger partial charge in [0.15, 0.2) is 0 Å². The lowest BCUT2D eigenvalue weighted by molar-refractivity contribution is -0.145. The lowest BCUT2D eigenvalue weighted by Crippen LogP contribution is -2.24. The third-order valence-electron chi connectivity index (χ3n) is 3.13. The van der Waals surface area contributed by atoms with Gasteiger partial charge in [-0.25, -0.2) is 0 Å². The fourth-order valence-corrected chi connectivity index (χ4v) is 1.80. The Morgan fingerprint density at radius 3 is 2.50 bits per heavy atom. The summed E-state index contributed by atoms with van der Waals surface area (Å²) in [6, 6.07) is 0.486. The number of hydrogen-bond acceptors (Lipinski definition) is 3. The summed E-state index contributed by atoms with van der Waals surface area (Å²) in [5.74, 6) is 0.498. The predicted octanol–water partition coefficient (Wildman–Crippen LogP) is 3.52. The summed E-state index contributed by atoms with van der Waals surface area (Å²) in [7, 11) is 0. The molecule has 0 bridgehead atoms. The third-order valence-corrected chi connectivity index (χ3v) is 3.13. The number of unbranched alkanes of at least 4 members (excludes halogenated alkanes) is 1. The molecule has 1 N–H and O–H groups in total. The second-order valence-corrected chi connectivity index (χ2v) is 5.31. The molecule has 0 aliphatic heterocycles. The minimum absolute atomic E-state index is 0.0458. The summed E-state index contributed by atoms with van der Waals surface area (Å²) in [4.78, 5) is 11.5. The van der Waals surface area contributed by atoms with Gasteiger partial charge in [0.25, 0.3) is 0 Å². The minimum Gasteiger partial charge on any atom is -0.465 e. The maximum absolute atomic E-state index is 11.5. The van der Waals surface area contributed by atoms with E-state index < -0.39 is 0 Å². The lowest BCUT2D eigenvalue weighted by Gasteiger charge is -2.14. The largest absolute Gasteiger partial charge is 0.465 e. The van der Waals surface area contributed by atoms with Crippen LogP contribution in [-0.4, -0.2) is 25.2 Å². The number of nitrogens with one attached hydrogen (secondary N) is 1. The molecule has 0 fully saturated rings. The summed E-state index contributed by atoms with van der Waals surface area (Å²) in [6.07, 6.45) is 6.11. The molecule has 108 valence electrons. The van der Waals surface area contributed by atoms with Crippen molar-refractivity contribution in [3.63, 3.8) is 0 Å². The quantitative estimate of drug-likeness (QED) is 0.454. The van der Waals surface area contributed by atoms with Crippen LogP contribution in [0.5, 0.6) is 0 Å². The van der Waals surface area contributed by atoms with Gasteiger partial charge in [-0.2, -0.15) is 0 Å². The van der Waals surface area contributed by atoms with Crippen molar-refractivity contribution in [1.29, 1.82) is 0 Å². The van der Waals surface area contributed by atoms with Crippen LogP contribution >= 0.6 is 0 Å².